The summed E-state index contributed by atoms with van der Waals surface area (Å²) in [6.45, 7) is 10.8. The molecule has 5 heteroatoms. The number of aromatic nitrogens is 1. The van der Waals surface area contributed by atoms with E-state index in [1.807, 2.05) is 19.9 Å². The van der Waals surface area contributed by atoms with Crippen LogP contribution in [0.4, 0.5) is 8.78 Å². The van der Waals surface area contributed by atoms with Crippen molar-refractivity contribution >= 4 is 0 Å². The lowest BCUT2D eigenvalue weighted by molar-refractivity contribution is 0.269. The van der Waals surface area contributed by atoms with Crippen molar-refractivity contribution in [2.24, 2.45) is 5.92 Å². The number of nitrogens with zero attached hydrogens (tertiary/aromatic N) is 1. The first-order chi connectivity index (χ1) is 14.5. The fourth-order valence-corrected chi connectivity index (χ4v) is 3.60. The molecule has 0 atom stereocenters. The van der Waals surface area contributed by atoms with Gasteiger partial charge in [-0.2, -0.15) is 0 Å². The Kier molecular flexibility index (Phi) is 5.74. The van der Waals surface area contributed by atoms with Crippen LogP contribution in [0.25, 0.3) is 0 Å². The predicted octanol–water partition coefficient (Wildman–Crippen LogP) is 6.51. The summed E-state index contributed by atoms with van der Waals surface area (Å²) in [4.78, 5) is 4.51. The van der Waals surface area contributed by atoms with Crippen LogP contribution in [0.5, 0.6) is 11.6 Å². The minimum atomic E-state index is -0.430. The average Bonchev–Trinajstić information content (AvgIpc) is 3.58. The molecule has 0 aliphatic heterocycles. The van der Waals surface area contributed by atoms with Gasteiger partial charge in [0.2, 0.25) is 0 Å². The second-order valence-electron chi connectivity index (χ2n) is 10.8. The van der Waals surface area contributed by atoms with E-state index in [4.69, 9.17) is 9.47 Å². The van der Waals surface area contributed by atoms with Gasteiger partial charge in [-0.15, -0.1) is 0 Å². The highest BCUT2D eigenvalue weighted by atomic mass is 19.1. The summed E-state index contributed by atoms with van der Waals surface area (Å²) in [5, 5.41) is 0. The largest absolute Gasteiger partial charge is 0.487 e. The first-order valence-corrected chi connectivity index (χ1v) is 11.3. The molecule has 3 nitrogen and oxygen atoms in total. The van der Waals surface area contributed by atoms with Crippen LogP contribution in [0.1, 0.15) is 77.1 Å². The van der Waals surface area contributed by atoms with Crippen LogP contribution in [-0.4, -0.2) is 17.7 Å². The van der Waals surface area contributed by atoms with Crippen molar-refractivity contribution in [2.75, 3.05) is 6.61 Å². The molecule has 2 aromatic rings. The number of halogens is 2. The quantitative estimate of drug-likeness (QED) is 0.479. The molecule has 168 valence electrons. The molecule has 2 saturated carbocycles. The summed E-state index contributed by atoms with van der Waals surface area (Å²) < 4.78 is 41.1. The Balaban J connectivity index is 1.63. The van der Waals surface area contributed by atoms with E-state index in [0.29, 0.717) is 24.5 Å². The highest BCUT2D eigenvalue weighted by Gasteiger charge is 2.30. The Morgan fingerprint density at radius 3 is 2.32 bits per heavy atom. The molecule has 4 rings (SSSR count). The van der Waals surface area contributed by atoms with Gasteiger partial charge >= 0.3 is 0 Å². The van der Waals surface area contributed by atoms with Crippen LogP contribution in [0.3, 0.4) is 0 Å². The van der Waals surface area contributed by atoms with Gasteiger partial charge in [-0.05, 0) is 72.8 Å². The van der Waals surface area contributed by atoms with Gasteiger partial charge in [-0.1, -0.05) is 40.7 Å². The molecule has 2 aliphatic rings. The molecule has 0 amide bonds. The molecule has 0 saturated heterocycles. The lowest BCUT2D eigenvalue weighted by Gasteiger charge is -2.28. The number of pyridine rings is 1. The third kappa shape index (κ3) is 5.36. The zero-order chi connectivity index (χ0) is 22.4. The van der Waals surface area contributed by atoms with Crippen LogP contribution in [0.2, 0.25) is 0 Å². The molecule has 0 bridgehead atoms. The van der Waals surface area contributed by atoms with Gasteiger partial charge in [0.1, 0.15) is 0 Å². The third-order valence-electron chi connectivity index (χ3n) is 6.09. The van der Waals surface area contributed by atoms with Gasteiger partial charge in [0.25, 0.3) is 5.88 Å². The molecule has 2 aliphatic carbocycles. The van der Waals surface area contributed by atoms with E-state index in [2.05, 4.69) is 25.8 Å². The first kappa shape index (κ1) is 22.0. The van der Waals surface area contributed by atoms with Crippen molar-refractivity contribution in [3.63, 3.8) is 0 Å². The number of ether oxygens (including phenoxy) is 2. The van der Waals surface area contributed by atoms with Crippen molar-refractivity contribution in [1.82, 2.24) is 4.98 Å². The summed E-state index contributed by atoms with van der Waals surface area (Å²) in [6.07, 6.45) is 4.76. The van der Waals surface area contributed by atoms with Crippen molar-refractivity contribution in [2.45, 2.75) is 83.7 Å². The molecular weight excluding hydrogens is 396 g/mol. The van der Waals surface area contributed by atoms with Crippen LogP contribution in [0.15, 0.2) is 24.3 Å². The second-order valence-corrected chi connectivity index (χ2v) is 10.8. The SMILES string of the molecule is CC(C)(C)c1cc(CC(C)(C)c2ccc(F)c(OC3CC3)c2)c(F)c(OCC2CC2)n1. The number of hydrogen-bond donors (Lipinski definition) is 0. The van der Waals surface area contributed by atoms with E-state index in [0.717, 1.165) is 36.9 Å². The topological polar surface area (TPSA) is 31.4 Å². The minimum absolute atomic E-state index is 0.0991. The molecule has 1 heterocycles. The summed E-state index contributed by atoms with van der Waals surface area (Å²) in [7, 11) is 0. The van der Waals surface area contributed by atoms with Gasteiger partial charge in [0.15, 0.2) is 17.4 Å². The van der Waals surface area contributed by atoms with Gasteiger partial charge in [0.05, 0.1) is 18.4 Å². The van der Waals surface area contributed by atoms with Gasteiger partial charge < -0.3 is 9.47 Å². The van der Waals surface area contributed by atoms with Gasteiger partial charge in [-0.3, -0.25) is 0 Å². The minimum Gasteiger partial charge on any atom is -0.487 e. The third-order valence-corrected chi connectivity index (χ3v) is 6.09. The molecule has 0 unspecified atom stereocenters. The average molecular weight is 430 g/mol. The number of rotatable bonds is 8. The highest BCUT2D eigenvalue weighted by Crippen LogP contribution is 2.37. The molecule has 0 N–H and O–H groups in total. The van der Waals surface area contributed by atoms with Crippen molar-refractivity contribution in [1.29, 1.82) is 0 Å². The Morgan fingerprint density at radius 2 is 1.71 bits per heavy atom. The maximum atomic E-state index is 15.4. The Bertz CT molecular complexity index is 957. The van der Waals surface area contributed by atoms with E-state index in [1.165, 1.54) is 6.07 Å². The summed E-state index contributed by atoms with van der Waals surface area (Å²) >= 11 is 0. The molecule has 1 aromatic heterocycles. The Morgan fingerprint density at radius 1 is 1.00 bits per heavy atom. The van der Waals surface area contributed by atoms with Crippen LogP contribution in [-0.2, 0) is 17.3 Å². The zero-order valence-corrected chi connectivity index (χ0v) is 19.2. The monoisotopic (exact) mass is 429 g/mol. The maximum Gasteiger partial charge on any atom is 0.250 e. The number of hydrogen-bond acceptors (Lipinski definition) is 3. The van der Waals surface area contributed by atoms with Gasteiger partial charge in [-0.25, -0.2) is 13.8 Å². The molecule has 0 spiro atoms. The van der Waals surface area contributed by atoms with Gasteiger partial charge in [0, 0.05) is 5.41 Å². The lowest BCUT2D eigenvalue weighted by atomic mass is 9.78. The fourth-order valence-electron chi connectivity index (χ4n) is 3.60. The van der Waals surface area contributed by atoms with Crippen molar-refractivity contribution in [3.05, 3.63) is 52.7 Å². The second kappa shape index (κ2) is 8.07. The summed E-state index contributed by atoms with van der Waals surface area (Å²) in [5.74, 6) is 0.156. The lowest BCUT2D eigenvalue weighted by Crippen LogP contribution is -2.23. The molecule has 31 heavy (non-hydrogen) atoms. The van der Waals surface area contributed by atoms with Crippen LogP contribution >= 0.6 is 0 Å². The van der Waals surface area contributed by atoms with E-state index in [1.54, 1.807) is 12.1 Å². The number of benzene rings is 1. The van der Waals surface area contributed by atoms with E-state index < -0.39 is 11.2 Å². The zero-order valence-electron chi connectivity index (χ0n) is 19.2. The van der Waals surface area contributed by atoms with E-state index >= 15 is 4.39 Å². The van der Waals surface area contributed by atoms with E-state index in [-0.39, 0.29) is 29.0 Å². The standard InChI is InChI=1S/C26H33F2NO2/c1-25(2,3)22-12-17(23(28)24(29-22)30-15-16-6-7-16)14-26(4,5)18-8-11-20(27)21(13-18)31-19-9-10-19/h8,11-13,16,19H,6-7,9-10,14-15H2,1-5H3. The molecule has 0 radical (unpaired) electrons. The van der Waals surface area contributed by atoms with E-state index in [9.17, 15) is 4.39 Å². The highest BCUT2D eigenvalue weighted by molar-refractivity contribution is 5.38. The maximum absolute atomic E-state index is 15.4. The fraction of sp³-hybridized carbons (Fsp3) is 0.577. The molecule has 1 aromatic carbocycles. The Labute approximate surface area is 184 Å². The summed E-state index contributed by atoms with van der Waals surface area (Å²) in [5.41, 5.74) is 1.64. The van der Waals surface area contributed by atoms with Crippen molar-refractivity contribution < 1.29 is 18.3 Å². The first-order valence-electron chi connectivity index (χ1n) is 11.3. The smallest absolute Gasteiger partial charge is 0.250 e. The normalized spacial score (nSPS) is 17.0. The molecule has 2 fully saturated rings. The van der Waals surface area contributed by atoms with Crippen molar-refractivity contribution in [3.8, 4) is 11.6 Å². The predicted molar refractivity (Wildman–Crippen MR) is 118 cm³/mol. The Hall–Kier alpha value is -2.17. The van der Waals surface area contributed by atoms with Crippen LogP contribution in [0, 0.1) is 17.6 Å². The summed E-state index contributed by atoms with van der Waals surface area (Å²) in [6, 6.07) is 6.83. The molecular formula is C26H33F2NO2. The van der Waals surface area contributed by atoms with Crippen LogP contribution < -0.4 is 9.47 Å².